The summed E-state index contributed by atoms with van der Waals surface area (Å²) in [6.07, 6.45) is 6.02. The van der Waals surface area contributed by atoms with Crippen LogP contribution in [0.1, 0.15) is 37.1 Å². The quantitative estimate of drug-likeness (QED) is 0.891. The molecule has 0 aromatic carbocycles. The molecule has 26 heavy (non-hydrogen) atoms. The third-order valence-electron chi connectivity index (χ3n) is 5.77. The molecule has 0 radical (unpaired) electrons. The van der Waals surface area contributed by atoms with Gasteiger partial charge in [0, 0.05) is 25.2 Å². The van der Waals surface area contributed by atoms with E-state index in [9.17, 15) is 9.90 Å². The standard InChI is InChI=1S/C19H24N4O3/c1-12-17(24)7-6-15(21-12)14-10-20-23(3)16(14)11-26-18(25)22(2)19(8-9-19)13-4-5-13/h6-7,10,13,24H,4-5,8-9,11H2,1-3H3. The van der Waals surface area contributed by atoms with Gasteiger partial charge in [-0.25, -0.2) is 9.78 Å². The summed E-state index contributed by atoms with van der Waals surface area (Å²) in [4.78, 5) is 18.7. The molecule has 1 N–H and O–H groups in total. The van der Waals surface area contributed by atoms with Gasteiger partial charge in [-0.2, -0.15) is 5.10 Å². The van der Waals surface area contributed by atoms with Crippen molar-refractivity contribution in [1.29, 1.82) is 0 Å². The molecule has 0 atom stereocenters. The fourth-order valence-corrected chi connectivity index (χ4v) is 3.73. The van der Waals surface area contributed by atoms with E-state index in [2.05, 4.69) is 10.1 Å². The second-order valence-corrected chi connectivity index (χ2v) is 7.42. The van der Waals surface area contributed by atoms with Gasteiger partial charge >= 0.3 is 6.09 Å². The van der Waals surface area contributed by atoms with Crippen LogP contribution in [-0.4, -0.2) is 43.5 Å². The Bertz CT molecular complexity index is 852. The van der Waals surface area contributed by atoms with Crippen LogP contribution in [0.4, 0.5) is 4.79 Å². The number of aromatic nitrogens is 3. The predicted octanol–water partition coefficient (Wildman–Crippen LogP) is 3.01. The van der Waals surface area contributed by atoms with Crippen molar-refractivity contribution in [2.24, 2.45) is 13.0 Å². The molecule has 0 unspecified atom stereocenters. The zero-order valence-electron chi connectivity index (χ0n) is 15.4. The monoisotopic (exact) mass is 356 g/mol. The minimum Gasteiger partial charge on any atom is -0.506 e. The van der Waals surface area contributed by atoms with Gasteiger partial charge in [0.2, 0.25) is 0 Å². The first-order valence-corrected chi connectivity index (χ1v) is 9.01. The van der Waals surface area contributed by atoms with Gasteiger partial charge in [0.05, 0.1) is 23.3 Å². The highest BCUT2D eigenvalue weighted by Gasteiger charge is 2.58. The Kier molecular flexibility index (Phi) is 3.89. The minimum absolute atomic E-state index is 0.0436. The summed E-state index contributed by atoms with van der Waals surface area (Å²) in [5.41, 5.74) is 2.87. The van der Waals surface area contributed by atoms with Crippen molar-refractivity contribution in [3.63, 3.8) is 0 Å². The molecule has 4 rings (SSSR count). The van der Waals surface area contributed by atoms with Gasteiger partial charge in [-0.15, -0.1) is 0 Å². The number of carbonyl (C=O) groups excluding carboxylic acids is 1. The highest BCUT2D eigenvalue weighted by Crippen LogP contribution is 2.57. The van der Waals surface area contributed by atoms with Crippen LogP contribution in [0.5, 0.6) is 5.75 Å². The summed E-state index contributed by atoms with van der Waals surface area (Å²) in [6.45, 7) is 1.88. The van der Waals surface area contributed by atoms with Crippen LogP contribution in [-0.2, 0) is 18.4 Å². The van der Waals surface area contributed by atoms with Crippen LogP contribution in [0.2, 0.25) is 0 Å². The first-order valence-electron chi connectivity index (χ1n) is 9.01. The maximum Gasteiger partial charge on any atom is 0.410 e. The van der Waals surface area contributed by atoms with E-state index in [-0.39, 0.29) is 24.0 Å². The molecule has 7 heteroatoms. The maximum absolute atomic E-state index is 12.5. The molecule has 0 saturated heterocycles. The van der Waals surface area contributed by atoms with Gasteiger partial charge in [-0.05, 0) is 50.7 Å². The number of pyridine rings is 1. The Labute approximate surface area is 152 Å². The number of hydrogen-bond acceptors (Lipinski definition) is 5. The van der Waals surface area contributed by atoms with Crippen molar-refractivity contribution in [3.05, 3.63) is 29.7 Å². The van der Waals surface area contributed by atoms with Crippen molar-refractivity contribution >= 4 is 6.09 Å². The number of amides is 1. The number of carbonyl (C=O) groups is 1. The molecule has 0 aliphatic heterocycles. The third kappa shape index (κ3) is 2.81. The van der Waals surface area contributed by atoms with E-state index in [0.29, 0.717) is 17.3 Å². The molecule has 2 saturated carbocycles. The number of ether oxygens (including phenoxy) is 1. The Balaban J connectivity index is 1.49. The summed E-state index contributed by atoms with van der Waals surface area (Å²) in [7, 11) is 3.67. The van der Waals surface area contributed by atoms with Gasteiger partial charge in [-0.1, -0.05) is 0 Å². The highest BCUT2D eigenvalue weighted by molar-refractivity contribution is 5.70. The lowest BCUT2D eigenvalue weighted by Gasteiger charge is -2.27. The number of rotatable bonds is 5. The smallest absolute Gasteiger partial charge is 0.410 e. The largest absolute Gasteiger partial charge is 0.506 e. The highest BCUT2D eigenvalue weighted by atomic mass is 16.6. The van der Waals surface area contributed by atoms with Gasteiger partial charge in [0.1, 0.15) is 12.4 Å². The zero-order valence-corrected chi connectivity index (χ0v) is 15.4. The molecule has 138 valence electrons. The molecule has 2 fully saturated rings. The van der Waals surface area contributed by atoms with E-state index in [1.54, 1.807) is 34.8 Å². The molecule has 2 aromatic rings. The third-order valence-corrected chi connectivity index (χ3v) is 5.77. The molecule has 0 spiro atoms. The van der Waals surface area contributed by atoms with Gasteiger partial charge in [-0.3, -0.25) is 4.68 Å². The maximum atomic E-state index is 12.5. The Hall–Kier alpha value is -2.57. The second kappa shape index (κ2) is 6.00. The van der Waals surface area contributed by atoms with Crippen molar-refractivity contribution in [1.82, 2.24) is 19.7 Å². The van der Waals surface area contributed by atoms with E-state index in [0.717, 1.165) is 24.1 Å². The second-order valence-electron chi connectivity index (χ2n) is 7.42. The van der Waals surface area contributed by atoms with E-state index < -0.39 is 0 Å². The molecular formula is C19H24N4O3. The van der Waals surface area contributed by atoms with Gasteiger partial charge < -0.3 is 14.7 Å². The zero-order chi connectivity index (χ0) is 18.5. The summed E-state index contributed by atoms with van der Waals surface area (Å²) in [6, 6.07) is 3.35. The number of hydrogen-bond donors (Lipinski definition) is 1. The first kappa shape index (κ1) is 16.9. The molecule has 2 heterocycles. The fourth-order valence-electron chi connectivity index (χ4n) is 3.73. The van der Waals surface area contributed by atoms with Crippen molar-refractivity contribution in [2.75, 3.05) is 7.05 Å². The molecule has 7 nitrogen and oxygen atoms in total. The lowest BCUT2D eigenvalue weighted by atomic mass is 10.1. The normalized spacial score (nSPS) is 17.8. The number of aryl methyl sites for hydroxylation is 2. The van der Waals surface area contributed by atoms with Crippen LogP contribution < -0.4 is 0 Å². The Morgan fingerprint density at radius 3 is 2.77 bits per heavy atom. The molecule has 2 aliphatic carbocycles. The number of aromatic hydroxyl groups is 1. The Morgan fingerprint density at radius 2 is 2.15 bits per heavy atom. The van der Waals surface area contributed by atoms with Crippen molar-refractivity contribution in [3.8, 4) is 17.0 Å². The Morgan fingerprint density at radius 1 is 1.42 bits per heavy atom. The molecule has 1 amide bonds. The average molecular weight is 356 g/mol. The summed E-state index contributed by atoms with van der Waals surface area (Å²) in [5, 5.41) is 14.0. The van der Waals surface area contributed by atoms with E-state index >= 15 is 0 Å². The van der Waals surface area contributed by atoms with Crippen LogP contribution >= 0.6 is 0 Å². The molecule has 2 aromatic heterocycles. The molecular weight excluding hydrogens is 332 g/mol. The number of nitrogens with zero attached hydrogens (tertiary/aromatic N) is 4. The average Bonchev–Trinajstić information content (AvgIpc) is 3.52. The van der Waals surface area contributed by atoms with Gasteiger partial charge in [0.25, 0.3) is 0 Å². The van der Waals surface area contributed by atoms with Crippen LogP contribution in [0, 0.1) is 12.8 Å². The fraction of sp³-hybridized carbons (Fsp3) is 0.526. The van der Waals surface area contributed by atoms with Crippen molar-refractivity contribution < 1.29 is 14.6 Å². The van der Waals surface area contributed by atoms with Crippen LogP contribution in [0.25, 0.3) is 11.3 Å². The predicted molar refractivity (Wildman–Crippen MR) is 95.5 cm³/mol. The molecule has 2 aliphatic rings. The van der Waals surface area contributed by atoms with E-state index in [4.69, 9.17) is 4.74 Å². The first-order chi connectivity index (χ1) is 12.4. The van der Waals surface area contributed by atoms with E-state index in [1.165, 1.54) is 12.8 Å². The lowest BCUT2D eigenvalue weighted by molar-refractivity contribution is 0.0798. The SMILES string of the molecule is Cc1nc(-c2cnn(C)c2COC(=O)N(C)C2(C3CC3)CC2)ccc1O. The lowest BCUT2D eigenvalue weighted by Crippen LogP contribution is -2.40. The van der Waals surface area contributed by atoms with E-state index in [1.807, 2.05) is 14.1 Å². The van der Waals surface area contributed by atoms with Crippen LogP contribution in [0.15, 0.2) is 18.3 Å². The molecule has 0 bridgehead atoms. The summed E-state index contributed by atoms with van der Waals surface area (Å²) >= 11 is 0. The topological polar surface area (TPSA) is 80.5 Å². The van der Waals surface area contributed by atoms with Gasteiger partial charge in [0.15, 0.2) is 0 Å². The van der Waals surface area contributed by atoms with Crippen molar-refractivity contribution in [2.45, 2.75) is 44.8 Å². The minimum atomic E-state index is -0.281. The summed E-state index contributed by atoms with van der Waals surface area (Å²) < 4.78 is 7.29. The summed E-state index contributed by atoms with van der Waals surface area (Å²) in [5.74, 6) is 0.804. The van der Waals surface area contributed by atoms with Crippen LogP contribution in [0.3, 0.4) is 0 Å².